The van der Waals surface area contributed by atoms with Crippen LogP contribution in [0.25, 0.3) is 22.0 Å². The molecule has 3 rings (SSSR count). The van der Waals surface area contributed by atoms with Gasteiger partial charge in [-0.1, -0.05) is 0 Å². The molecule has 0 aliphatic rings. The third-order valence-corrected chi connectivity index (χ3v) is 3.24. The van der Waals surface area contributed by atoms with E-state index in [-0.39, 0.29) is 0 Å². The highest BCUT2D eigenvalue weighted by Gasteiger charge is 2.10. The van der Waals surface area contributed by atoms with Crippen molar-refractivity contribution >= 4 is 16.8 Å². The summed E-state index contributed by atoms with van der Waals surface area (Å²) in [6.45, 7) is 1.95. The van der Waals surface area contributed by atoms with E-state index < -0.39 is 5.91 Å². The minimum absolute atomic E-state index is 0.440. The van der Waals surface area contributed by atoms with Gasteiger partial charge in [0, 0.05) is 35.5 Å². The molecule has 0 fully saturated rings. The number of aromatic nitrogens is 3. The maximum absolute atomic E-state index is 11.3. The van der Waals surface area contributed by atoms with Gasteiger partial charge in [-0.2, -0.15) is 5.10 Å². The van der Waals surface area contributed by atoms with E-state index in [1.807, 2.05) is 32.3 Å². The Labute approximate surface area is 116 Å². The normalized spacial score (nSPS) is 10.9. The lowest BCUT2D eigenvalue weighted by Crippen LogP contribution is -2.10. The number of pyridine rings is 1. The summed E-state index contributed by atoms with van der Waals surface area (Å²) in [5, 5.41) is 5.09. The molecule has 20 heavy (non-hydrogen) atoms. The fraction of sp³-hybridized carbons (Fsp3) is 0.133. The van der Waals surface area contributed by atoms with Crippen molar-refractivity contribution in [3.8, 4) is 11.1 Å². The Bertz CT molecular complexity index is 820. The van der Waals surface area contributed by atoms with Crippen molar-refractivity contribution in [2.24, 2.45) is 12.8 Å². The van der Waals surface area contributed by atoms with E-state index >= 15 is 0 Å². The first-order chi connectivity index (χ1) is 9.54. The summed E-state index contributed by atoms with van der Waals surface area (Å²) in [4.78, 5) is 15.8. The van der Waals surface area contributed by atoms with E-state index in [2.05, 4.69) is 10.1 Å². The molecule has 3 aromatic rings. The van der Waals surface area contributed by atoms with Crippen LogP contribution in [0.2, 0.25) is 0 Å². The van der Waals surface area contributed by atoms with Gasteiger partial charge in [-0.3, -0.25) is 14.5 Å². The summed E-state index contributed by atoms with van der Waals surface area (Å²) < 4.78 is 1.74. The number of aryl methyl sites for hydroxylation is 2. The summed E-state index contributed by atoms with van der Waals surface area (Å²) in [5.41, 5.74) is 9.59. The average Bonchev–Trinajstić information content (AvgIpc) is 2.83. The smallest absolute Gasteiger partial charge is 0.248 e. The van der Waals surface area contributed by atoms with Crippen molar-refractivity contribution in [1.29, 1.82) is 0 Å². The van der Waals surface area contributed by atoms with Crippen LogP contribution in [0, 0.1) is 6.92 Å². The molecule has 0 aliphatic heterocycles. The molecule has 0 radical (unpaired) electrons. The van der Waals surface area contributed by atoms with Crippen molar-refractivity contribution in [3.05, 3.63) is 47.9 Å². The number of nitrogens with two attached hydrogens (primary N) is 1. The standard InChI is InChI=1S/C15H14N4O/c1-9-5-12(11-7-17-19(2)8-11)13-6-10(15(16)20)3-4-14(13)18-9/h3-8H,1-2H3,(H2,16,20). The number of fused-ring (bicyclic) bond motifs is 1. The molecule has 0 bridgehead atoms. The Hall–Kier alpha value is -2.69. The van der Waals surface area contributed by atoms with E-state index in [9.17, 15) is 4.79 Å². The fourth-order valence-corrected chi connectivity index (χ4v) is 2.31. The van der Waals surface area contributed by atoms with Crippen LogP contribution in [-0.4, -0.2) is 20.7 Å². The van der Waals surface area contributed by atoms with Crippen LogP contribution in [0.4, 0.5) is 0 Å². The van der Waals surface area contributed by atoms with Gasteiger partial charge in [0.2, 0.25) is 5.91 Å². The number of carbonyl (C=O) groups is 1. The first-order valence-electron chi connectivity index (χ1n) is 6.25. The van der Waals surface area contributed by atoms with Crippen LogP contribution in [0.5, 0.6) is 0 Å². The molecular formula is C15H14N4O. The highest BCUT2D eigenvalue weighted by molar-refractivity contribution is 6.01. The summed E-state index contributed by atoms with van der Waals surface area (Å²) >= 11 is 0. The number of hydrogen-bond donors (Lipinski definition) is 1. The third-order valence-electron chi connectivity index (χ3n) is 3.24. The van der Waals surface area contributed by atoms with E-state index in [0.717, 1.165) is 27.7 Å². The number of nitrogens with zero attached hydrogens (tertiary/aromatic N) is 3. The Morgan fingerprint density at radius 2 is 2.10 bits per heavy atom. The second-order valence-electron chi connectivity index (χ2n) is 4.81. The average molecular weight is 266 g/mol. The Morgan fingerprint density at radius 3 is 2.75 bits per heavy atom. The van der Waals surface area contributed by atoms with Gasteiger partial charge in [0.15, 0.2) is 0 Å². The maximum atomic E-state index is 11.3. The number of rotatable bonds is 2. The van der Waals surface area contributed by atoms with E-state index in [0.29, 0.717) is 5.56 Å². The quantitative estimate of drug-likeness (QED) is 0.771. The topological polar surface area (TPSA) is 73.8 Å². The predicted octanol–water partition coefficient (Wildman–Crippen LogP) is 2.04. The summed E-state index contributed by atoms with van der Waals surface area (Å²) in [7, 11) is 1.87. The molecule has 0 unspecified atom stereocenters. The molecule has 5 nitrogen and oxygen atoms in total. The lowest BCUT2D eigenvalue weighted by molar-refractivity contribution is 0.100. The number of benzene rings is 1. The van der Waals surface area contributed by atoms with Crippen LogP contribution in [0.15, 0.2) is 36.7 Å². The van der Waals surface area contributed by atoms with Gasteiger partial charge in [0.1, 0.15) is 0 Å². The monoisotopic (exact) mass is 266 g/mol. The van der Waals surface area contributed by atoms with Crippen LogP contribution in [-0.2, 0) is 7.05 Å². The molecule has 0 saturated heterocycles. The van der Waals surface area contributed by atoms with Crippen LogP contribution >= 0.6 is 0 Å². The highest BCUT2D eigenvalue weighted by atomic mass is 16.1. The number of amides is 1. The molecule has 0 atom stereocenters. The first-order valence-corrected chi connectivity index (χ1v) is 6.25. The molecule has 2 heterocycles. The van der Waals surface area contributed by atoms with Gasteiger partial charge in [-0.05, 0) is 36.8 Å². The fourth-order valence-electron chi connectivity index (χ4n) is 2.31. The van der Waals surface area contributed by atoms with E-state index in [1.54, 1.807) is 23.0 Å². The second-order valence-corrected chi connectivity index (χ2v) is 4.81. The lowest BCUT2D eigenvalue weighted by atomic mass is 10.0. The molecule has 1 amide bonds. The largest absolute Gasteiger partial charge is 0.366 e. The highest BCUT2D eigenvalue weighted by Crippen LogP contribution is 2.28. The lowest BCUT2D eigenvalue weighted by Gasteiger charge is -2.07. The zero-order valence-corrected chi connectivity index (χ0v) is 11.3. The zero-order chi connectivity index (χ0) is 14.3. The van der Waals surface area contributed by atoms with Gasteiger partial charge < -0.3 is 5.73 Å². The molecule has 100 valence electrons. The molecule has 2 aromatic heterocycles. The van der Waals surface area contributed by atoms with Crippen LogP contribution < -0.4 is 5.73 Å². The van der Waals surface area contributed by atoms with Crippen LogP contribution in [0.1, 0.15) is 16.1 Å². The van der Waals surface area contributed by atoms with E-state index in [1.165, 1.54) is 0 Å². The SMILES string of the molecule is Cc1cc(-c2cnn(C)c2)c2cc(C(N)=O)ccc2n1. The van der Waals surface area contributed by atoms with Crippen molar-refractivity contribution in [2.75, 3.05) is 0 Å². The number of carbonyl (C=O) groups excluding carboxylic acids is 1. The zero-order valence-electron chi connectivity index (χ0n) is 11.3. The molecular weight excluding hydrogens is 252 g/mol. The number of hydrogen-bond acceptors (Lipinski definition) is 3. The van der Waals surface area contributed by atoms with Crippen molar-refractivity contribution < 1.29 is 4.79 Å². The summed E-state index contributed by atoms with van der Waals surface area (Å²) in [5.74, 6) is -0.440. The first kappa shape index (κ1) is 12.3. The molecule has 0 aliphatic carbocycles. The van der Waals surface area contributed by atoms with Crippen LogP contribution in [0.3, 0.4) is 0 Å². The van der Waals surface area contributed by atoms with Gasteiger partial charge >= 0.3 is 0 Å². The summed E-state index contributed by atoms with van der Waals surface area (Å²) in [6, 6.07) is 7.29. The van der Waals surface area contributed by atoms with Gasteiger partial charge in [-0.15, -0.1) is 0 Å². The Morgan fingerprint density at radius 1 is 1.30 bits per heavy atom. The predicted molar refractivity (Wildman–Crippen MR) is 77.2 cm³/mol. The van der Waals surface area contributed by atoms with Gasteiger partial charge in [0.05, 0.1) is 11.7 Å². The minimum atomic E-state index is -0.440. The molecule has 2 N–H and O–H groups in total. The molecule has 0 spiro atoms. The summed E-state index contributed by atoms with van der Waals surface area (Å²) in [6.07, 6.45) is 3.73. The van der Waals surface area contributed by atoms with Crippen molar-refractivity contribution in [1.82, 2.24) is 14.8 Å². The molecule has 0 saturated carbocycles. The maximum Gasteiger partial charge on any atom is 0.248 e. The molecule has 5 heteroatoms. The van der Waals surface area contributed by atoms with E-state index in [4.69, 9.17) is 5.73 Å². The van der Waals surface area contributed by atoms with Gasteiger partial charge in [0.25, 0.3) is 0 Å². The second kappa shape index (κ2) is 4.45. The Kier molecular flexibility index (Phi) is 2.75. The van der Waals surface area contributed by atoms with Crippen molar-refractivity contribution in [2.45, 2.75) is 6.92 Å². The minimum Gasteiger partial charge on any atom is -0.366 e. The Balaban J connectivity index is 2.33. The molecule has 1 aromatic carbocycles. The third kappa shape index (κ3) is 2.03. The van der Waals surface area contributed by atoms with Gasteiger partial charge in [-0.25, -0.2) is 0 Å². The van der Waals surface area contributed by atoms with Crippen molar-refractivity contribution in [3.63, 3.8) is 0 Å². The number of primary amides is 1.